The average molecular weight is 530 g/mol. The van der Waals surface area contributed by atoms with Crippen molar-refractivity contribution in [3.05, 3.63) is 84.2 Å². The summed E-state index contributed by atoms with van der Waals surface area (Å²) in [6.45, 7) is 1.98. The summed E-state index contributed by atoms with van der Waals surface area (Å²) in [4.78, 5) is 18.5. The summed E-state index contributed by atoms with van der Waals surface area (Å²) < 4.78 is 1.93. The Morgan fingerprint density at radius 1 is 1.10 bits per heavy atom. The number of nitrogens with zero attached hydrogens (tertiary/aromatic N) is 4. The Morgan fingerprint density at radius 3 is 2.52 bits per heavy atom. The summed E-state index contributed by atoms with van der Waals surface area (Å²) in [5.41, 5.74) is 3.22. The molecule has 1 aliphatic rings. The van der Waals surface area contributed by atoms with Gasteiger partial charge in [0, 0.05) is 44.0 Å². The van der Waals surface area contributed by atoms with Crippen molar-refractivity contribution >= 4 is 41.5 Å². The summed E-state index contributed by atoms with van der Waals surface area (Å²) in [5, 5.41) is 11.1. The third kappa shape index (κ3) is 6.06. The maximum Gasteiger partial charge on any atom is 0.229 e. The van der Waals surface area contributed by atoms with E-state index in [0.717, 1.165) is 17.8 Å². The highest BCUT2D eigenvalue weighted by Gasteiger charge is 2.31. The number of rotatable bonds is 6. The molecular weight excluding hydrogens is 503 g/mol. The second kappa shape index (κ2) is 10.9. The van der Waals surface area contributed by atoms with Crippen LogP contribution in [-0.4, -0.2) is 41.3 Å². The van der Waals surface area contributed by atoms with E-state index in [-0.39, 0.29) is 35.9 Å². The topological polar surface area (TPSA) is 74.5 Å². The van der Waals surface area contributed by atoms with E-state index in [0.29, 0.717) is 25.5 Å². The first-order valence-electron chi connectivity index (χ1n) is 10.1. The zero-order valence-electron chi connectivity index (χ0n) is 17.4. The number of carbonyl (C=O) groups is 1. The van der Waals surface area contributed by atoms with E-state index >= 15 is 0 Å². The Bertz CT molecular complexity index is 1010. The molecule has 0 radical (unpaired) electrons. The monoisotopic (exact) mass is 530 g/mol. The number of anilines is 1. The van der Waals surface area contributed by atoms with Crippen LogP contribution in [0.1, 0.15) is 17.5 Å². The van der Waals surface area contributed by atoms with Gasteiger partial charge < -0.3 is 15.5 Å². The van der Waals surface area contributed by atoms with Crippen molar-refractivity contribution in [1.82, 2.24) is 20.4 Å². The Labute approximate surface area is 199 Å². The van der Waals surface area contributed by atoms with Gasteiger partial charge in [-0.2, -0.15) is 5.10 Å². The number of aromatic nitrogens is 2. The standard InChI is InChI=1S/C23H26N6O.HI/c1-24-23(27-20-12-22(30)29(17-20)21-10-6-3-7-11-21)25-13-19-14-26-28(16-19)15-18-8-4-2-5-9-18;/h2-11,14,16,20H,12-13,15,17H2,1H3,(H2,24,25,27);1H. The number of hydrogen-bond donors (Lipinski definition) is 2. The molecule has 1 saturated heterocycles. The largest absolute Gasteiger partial charge is 0.352 e. The number of hydrogen-bond acceptors (Lipinski definition) is 3. The minimum absolute atomic E-state index is 0. The lowest BCUT2D eigenvalue weighted by molar-refractivity contribution is -0.117. The highest BCUT2D eigenvalue weighted by molar-refractivity contribution is 14.0. The van der Waals surface area contributed by atoms with Crippen molar-refractivity contribution in [2.45, 2.75) is 25.6 Å². The lowest BCUT2D eigenvalue weighted by atomic mass is 10.2. The fourth-order valence-corrected chi connectivity index (χ4v) is 3.59. The Kier molecular flexibility index (Phi) is 8.05. The van der Waals surface area contributed by atoms with Gasteiger partial charge in [-0.05, 0) is 17.7 Å². The van der Waals surface area contributed by atoms with E-state index in [9.17, 15) is 4.79 Å². The molecule has 8 heteroatoms. The highest BCUT2D eigenvalue weighted by Crippen LogP contribution is 2.20. The van der Waals surface area contributed by atoms with Crippen LogP contribution in [0, 0.1) is 0 Å². The molecule has 31 heavy (non-hydrogen) atoms. The second-order valence-electron chi connectivity index (χ2n) is 7.34. The number of halogens is 1. The van der Waals surface area contributed by atoms with Crippen molar-refractivity contribution in [3.8, 4) is 0 Å². The summed E-state index contributed by atoms with van der Waals surface area (Å²) in [6.07, 6.45) is 4.34. The van der Waals surface area contributed by atoms with Crippen molar-refractivity contribution in [3.63, 3.8) is 0 Å². The molecule has 1 aromatic heterocycles. The molecule has 1 aliphatic heterocycles. The smallest absolute Gasteiger partial charge is 0.229 e. The molecule has 0 saturated carbocycles. The number of benzene rings is 2. The second-order valence-corrected chi connectivity index (χ2v) is 7.34. The Morgan fingerprint density at radius 2 is 1.81 bits per heavy atom. The van der Waals surface area contributed by atoms with Crippen LogP contribution in [0.25, 0.3) is 0 Å². The first-order valence-corrected chi connectivity index (χ1v) is 10.1. The molecule has 1 amide bonds. The van der Waals surface area contributed by atoms with Crippen LogP contribution in [-0.2, 0) is 17.9 Å². The Hall–Kier alpha value is -2.88. The van der Waals surface area contributed by atoms with Gasteiger partial charge >= 0.3 is 0 Å². The van der Waals surface area contributed by atoms with Gasteiger partial charge in [0.25, 0.3) is 0 Å². The van der Waals surface area contributed by atoms with Crippen LogP contribution in [0.4, 0.5) is 5.69 Å². The van der Waals surface area contributed by atoms with Crippen LogP contribution >= 0.6 is 24.0 Å². The van der Waals surface area contributed by atoms with E-state index in [4.69, 9.17) is 0 Å². The van der Waals surface area contributed by atoms with Crippen molar-refractivity contribution < 1.29 is 4.79 Å². The van der Waals surface area contributed by atoms with Gasteiger partial charge in [0.05, 0.1) is 18.8 Å². The zero-order chi connectivity index (χ0) is 20.8. The number of nitrogens with one attached hydrogen (secondary N) is 2. The molecule has 7 nitrogen and oxygen atoms in total. The maximum atomic E-state index is 12.4. The SMILES string of the molecule is CN=C(NCc1cnn(Cc2ccccc2)c1)NC1CC(=O)N(c2ccccc2)C1.I. The molecule has 0 aliphatic carbocycles. The first-order chi connectivity index (χ1) is 14.7. The van der Waals surface area contributed by atoms with Crippen LogP contribution in [0.3, 0.4) is 0 Å². The third-order valence-corrected chi connectivity index (χ3v) is 5.09. The van der Waals surface area contributed by atoms with Crippen LogP contribution < -0.4 is 15.5 Å². The fraction of sp³-hybridized carbons (Fsp3) is 0.261. The van der Waals surface area contributed by atoms with E-state index < -0.39 is 0 Å². The molecule has 1 unspecified atom stereocenters. The first kappa shape index (κ1) is 22.8. The maximum absolute atomic E-state index is 12.4. The van der Waals surface area contributed by atoms with Gasteiger partial charge in [0.1, 0.15) is 0 Å². The van der Waals surface area contributed by atoms with Crippen LogP contribution in [0.15, 0.2) is 78.0 Å². The molecule has 1 fully saturated rings. The lowest BCUT2D eigenvalue weighted by Gasteiger charge is -2.18. The summed E-state index contributed by atoms with van der Waals surface area (Å²) in [7, 11) is 1.74. The summed E-state index contributed by atoms with van der Waals surface area (Å²) in [6, 6.07) is 20.0. The van der Waals surface area contributed by atoms with Gasteiger partial charge in [-0.25, -0.2) is 0 Å². The molecule has 2 aromatic carbocycles. The molecular formula is C23H27IN6O. The van der Waals surface area contributed by atoms with Crippen molar-refractivity contribution in [2.75, 3.05) is 18.5 Å². The predicted octanol–water partition coefficient (Wildman–Crippen LogP) is 3.02. The van der Waals surface area contributed by atoms with Crippen LogP contribution in [0.5, 0.6) is 0 Å². The summed E-state index contributed by atoms with van der Waals surface area (Å²) >= 11 is 0. The molecule has 2 heterocycles. The molecule has 4 rings (SSSR count). The minimum Gasteiger partial charge on any atom is -0.352 e. The van der Waals surface area contributed by atoms with Gasteiger partial charge in [-0.15, -0.1) is 24.0 Å². The van der Waals surface area contributed by atoms with E-state index in [1.54, 1.807) is 7.05 Å². The minimum atomic E-state index is 0. The molecule has 3 aromatic rings. The zero-order valence-corrected chi connectivity index (χ0v) is 19.8. The number of guanidine groups is 1. The highest BCUT2D eigenvalue weighted by atomic mass is 127. The quantitative estimate of drug-likeness (QED) is 0.292. The normalized spacial score (nSPS) is 16.2. The van der Waals surface area contributed by atoms with Gasteiger partial charge in [0.15, 0.2) is 5.96 Å². The number of para-hydroxylation sites is 1. The van der Waals surface area contributed by atoms with E-state index in [2.05, 4.69) is 32.9 Å². The lowest BCUT2D eigenvalue weighted by Crippen LogP contribution is -2.44. The molecule has 2 N–H and O–H groups in total. The van der Waals surface area contributed by atoms with Gasteiger partial charge in [0.2, 0.25) is 5.91 Å². The molecule has 1 atom stereocenters. The third-order valence-electron chi connectivity index (χ3n) is 5.09. The van der Waals surface area contributed by atoms with Crippen LogP contribution in [0.2, 0.25) is 0 Å². The predicted molar refractivity (Wildman–Crippen MR) is 134 cm³/mol. The number of amides is 1. The number of aliphatic imine (C=N–C) groups is 1. The summed E-state index contributed by atoms with van der Waals surface area (Å²) in [5.74, 6) is 0.801. The molecule has 0 spiro atoms. The van der Waals surface area contributed by atoms with Gasteiger partial charge in [-0.3, -0.25) is 14.5 Å². The van der Waals surface area contributed by atoms with Crippen molar-refractivity contribution in [1.29, 1.82) is 0 Å². The van der Waals surface area contributed by atoms with E-state index in [1.165, 1.54) is 5.56 Å². The average Bonchev–Trinajstić information content (AvgIpc) is 3.38. The molecule has 0 bridgehead atoms. The number of carbonyl (C=O) groups excluding carboxylic acids is 1. The molecule has 162 valence electrons. The van der Waals surface area contributed by atoms with Gasteiger partial charge in [-0.1, -0.05) is 48.5 Å². The van der Waals surface area contributed by atoms with Crippen molar-refractivity contribution in [2.24, 2.45) is 4.99 Å². The Balaban J connectivity index is 0.00000272. The van der Waals surface area contributed by atoms with E-state index in [1.807, 2.05) is 70.5 Å². The fourth-order valence-electron chi connectivity index (χ4n) is 3.59.